The number of hydrogen-bond donors (Lipinski definition) is 1. The molecule has 1 heterocycles. The van der Waals surface area contributed by atoms with Gasteiger partial charge < -0.3 is 5.32 Å². The van der Waals surface area contributed by atoms with Gasteiger partial charge in [0, 0.05) is 20.4 Å². The van der Waals surface area contributed by atoms with E-state index in [0.29, 0.717) is 5.92 Å². The van der Waals surface area contributed by atoms with Crippen molar-refractivity contribution in [2.24, 2.45) is 11.8 Å². The van der Waals surface area contributed by atoms with Crippen molar-refractivity contribution >= 4 is 11.6 Å². The summed E-state index contributed by atoms with van der Waals surface area (Å²) in [5, 5.41) is 3.00. The molecule has 1 fully saturated rings. The number of carbonyl (C=O) groups is 1. The molecule has 1 N–H and O–H groups in total. The van der Waals surface area contributed by atoms with Crippen LogP contribution in [-0.4, -0.2) is 35.8 Å². The highest BCUT2D eigenvalue weighted by Crippen LogP contribution is 2.11. The number of rotatable bonds is 4. The fraction of sp³-hybridized carbons (Fsp3) is 0.833. The van der Waals surface area contributed by atoms with E-state index >= 15 is 0 Å². The number of carbonyl (C=O) groups excluding carboxylic acids is 1. The first kappa shape index (κ1) is 12.2. The standard InChI is InChI=1S/C12H22N2O/c1-9(2)5-6-13-12(15)11-7-14(8-11)10(3)4/h9,11H,5-8H2,1-4H3/p+1. The highest BCUT2D eigenvalue weighted by atomic mass is 16.2. The summed E-state index contributed by atoms with van der Waals surface area (Å²) in [5.41, 5.74) is 1.31. The summed E-state index contributed by atoms with van der Waals surface area (Å²) in [6.45, 7) is 11.1. The molecule has 15 heavy (non-hydrogen) atoms. The van der Waals surface area contributed by atoms with E-state index in [1.807, 2.05) is 0 Å². The minimum atomic E-state index is 0.215. The third kappa shape index (κ3) is 3.65. The van der Waals surface area contributed by atoms with Crippen LogP contribution in [0.4, 0.5) is 0 Å². The van der Waals surface area contributed by atoms with Gasteiger partial charge in [-0.25, -0.2) is 4.58 Å². The van der Waals surface area contributed by atoms with Crippen molar-refractivity contribution in [1.29, 1.82) is 0 Å². The molecule has 0 aromatic heterocycles. The number of nitrogens with one attached hydrogen (secondary N) is 1. The molecule has 0 aliphatic carbocycles. The topological polar surface area (TPSA) is 32.1 Å². The lowest BCUT2D eigenvalue weighted by molar-refractivity contribution is -0.598. The highest BCUT2D eigenvalue weighted by molar-refractivity contribution is 5.80. The summed E-state index contributed by atoms with van der Waals surface area (Å²) in [6, 6.07) is 0. The zero-order chi connectivity index (χ0) is 11.4. The smallest absolute Gasteiger partial charge is 0.236 e. The van der Waals surface area contributed by atoms with Gasteiger partial charge in [-0.1, -0.05) is 13.8 Å². The first-order valence-electron chi connectivity index (χ1n) is 5.83. The van der Waals surface area contributed by atoms with Gasteiger partial charge in [0.1, 0.15) is 5.71 Å². The number of nitrogens with zero attached hydrogens (tertiary/aromatic N) is 1. The Kier molecular flexibility index (Phi) is 4.30. The molecular formula is C12H23N2O+. The minimum Gasteiger partial charge on any atom is -0.355 e. The van der Waals surface area contributed by atoms with Crippen LogP contribution < -0.4 is 5.32 Å². The summed E-state index contributed by atoms with van der Waals surface area (Å²) in [7, 11) is 0. The molecule has 0 atom stereocenters. The first-order valence-corrected chi connectivity index (χ1v) is 5.83. The van der Waals surface area contributed by atoms with Crippen molar-refractivity contribution in [1.82, 2.24) is 5.32 Å². The molecule has 3 heteroatoms. The van der Waals surface area contributed by atoms with Crippen LogP contribution in [0.5, 0.6) is 0 Å². The van der Waals surface area contributed by atoms with Crippen molar-refractivity contribution in [3.05, 3.63) is 0 Å². The first-order chi connectivity index (χ1) is 7.00. The summed E-state index contributed by atoms with van der Waals surface area (Å²) >= 11 is 0. The van der Waals surface area contributed by atoms with Gasteiger partial charge in [-0.05, 0) is 12.3 Å². The van der Waals surface area contributed by atoms with Crippen LogP contribution >= 0.6 is 0 Å². The summed E-state index contributed by atoms with van der Waals surface area (Å²) < 4.78 is 2.24. The van der Waals surface area contributed by atoms with Gasteiger partial charge in [0.2, 0.25) is 5.91 Å². The fourth-order valence-electron chi connectivity index (χ4n) is 1.64. The van der Waals surface area contributed by atoms with E-state index in [-0.39, 0.29) is 11.8 Å². The van der Waals surface area contributed by atoms with Crippen molar-refractivity contribution < 1.29 is 9.37 Å². The maximum atomic E-state index is 11.6. The maximum absolute atomic E-state index is 11.6. The molecule has 1 rings (SSSR count). The zero-order valence-corrected chi connectivity index (χ0v) is 10.3. The van der Waals surface area contributed by atoms with E-state index in [2.05, 4.69) is 37.6 Å². The zero-order valence-electron chi connectivity index (χ0n) is 10.3. The average molecular weight is 211 g/mol. The molecule has 0 radical (unpaired) electrons. The van der Waals surface area contributed by atoms with E-state index in [1.165, 1.54) is 5.71 Å². The predicted octanol–water partition coefficient (Wildman–Crippen LogP) is 1.27. The van der Waals surface area contributed by atoms with E-state index in [1.54, 1.807) is 0 Å². The van der Waals surface area contributed by atoms with Crippen LogP contribution in [0.25, 0.3) is 0 Å². The van der Waals surface area contributed by atoms with Gasteiger partial charge in [0.15, 0.2) is 19.0 Å². The quantitative estimate of drug-likeness (QED) is 0.698. The van der Waals surface area contributed by atoms with E-state index < -0.39 is 0 Å². The lowest BCUT2D eigenvalue weighted by Gasteiger charge is -2.23. The predicted molar refractivity (Wildman–Crippen MR) is 62.3 cm³/mol. The van der Waals surface area contributed by atoms with Gasteiger partial charge >= 0.3 is 0 Å². The molecule has 0 saturated carbocycles. The Bertz CT molecular complexity index is 257. The minimum absolute atomic E-state index is 0.215. The fourth-order valence-corrected chi connectivity index (χ4v) is 1.64. The second-order valence-electron chi connectivity index (χ2n) is 5.02. The van der Waals surface area contributed by atoms with Crippen LogP contribution in [-0.2, 0) is 4.79 Å². The number of hydrogen-bond acceptors (Lipinski definition) is 1. The lowest BCUT2D eigenvalue weighted by atomic mass is 10.0. The molecule has 0 spiro atoms. The molecule has 86 valence electrons. The average Bonchev–Trinajstić information content (AvgIpc) is 1.99. The normalized spacial score (nSPS) is 20.1. The van der Waals surface area contributed by atoms with Crippen LogP contribution in [0.15, 0.2) is 0 Å². The molecule has 0 bridgehead atoms. The van der Waals surface area contributed by atoms with Crippen molar-refractivity contribution in [3.63, 3.8) is 0 Å². The maximum Gasteiger partial charge on any atom is 0.236 e. The Morgan fingerprint density at radius 1 is 1.40 bits per heavy atom. The van der Waals surface area contributed by atoms with Gasteiger partial charge in [0.25, 0.3) is 0 Å². The van der Waals surface area contributed by atoms with E-state index in [9.17, 15) is 4.79 Å². The Hall–Kier alpha value is -0.860. The van der Waals surface area contributed by atoms with E-state index in [0.717, 1.165) is 26.1 Å². The highest BCUT2D eigenvalue weighted by Gasteiger charge is 2.37. The Balaban J connectivity index is 2.19. The van der Waals surface area contributed by atoms with Crippen molar-refractivity contribution in [2.45, 2.75) is 34.1 Å². The number of amides is 1. The third-order valence-electron chi connectivity index (χ3n) is 2.91. The molecule has 1 aliphatic heterocycles. The van der Waals surface area contributed by atoms with Gasteiger partial charge in [-0.15, -0.1) is 0 Å². The lowest BCUT2D eigenvalue weighted by Crippen LogP contribution is -2.50. The second kappa shape index (κ2) is 5.29. The molecule has 1 saturated heterocycles. The van der Waals surface area contributed by atoms with Crippen LogP contribution in [0.2, 0.25) is 0 Å². The van der Waals surface area contributed by atoms with Crippen LogP contribution in [0.3, 0.4) is 0 Å². The third-order valence-corrected chi connectivity index (χ3v) is 2.91. The Labute approximate surface area is 92.6 Å². The van der Waals surface area contributed by atoms with Gasteiger partial charge in [-0.3, -0.25) is 4.79 Å². The summed E-state index contributed by atoms with van der Waals surface area (Å²) in [5.74, 6) is 1.11. The second-order valence-corrected chi connectivity index (χ2v) is 5.02. The SMILES string of the molecule is CC(C)=[N+]1CC(C(=O)NCCC(C)C)C1. The van der Waals surface area contributed by atoms with Gasteiger partial charge in [0.05, 0.1) is 0 Å². The molecular weight excluding hydrogens is 188 g/mol. The Morgan fingerprint density at radius 2 is 2.00 bits per heavy atom. The van der Waals surface area contributed by atoms with Gasteiger partial charge in [-0.2, -0.15) is 0 Å². The monoisotopic (exact) mass is 211 g/mol. The molecule has 1 aliphatic rings. The Morgan fingerprint density at radius 3 is 2.47 bits per heavy atom. The molecule has 3 nitrogen and oxygen atoms in total. The largest absolute Gasteiger partial charge is 0.355 e. The van der Waals surface area contributed by atoms with Crippen molar-refractivity contribution in [3.8, 4) is 0 Å². The molecule has 1 amide bonds. The summed E-state index contributed by atoms with van der Waals surface area (Å²) in [4.78, 5) is 11.6. The van der Waals surface area contributed by atoms with Crippen LogP contribution in [0.1, 0.15) is 34.1 Å². The summed E-state index contributed by atoms with van der Waals surface area (Å²) in [6.07, 6.45) is 1.07. The van der Waals surface area contributed by atoms with Crippen LogP contribution in [0, 0.1) is 11.8 Å². The molecule has 0 aromatic rings. The molecule has 0 unspecified atom stereocenters. The molecule has 0 aromatic carbocycles. The van der Waals surface area contributed by atoms with E-state index in [4.69, 9.17) is 0 Å². The van der Waals surface area contributed by atoms with Crippen molar-refractivity contribution in [2.75, 3.05) is 19.6 Å².